The SMILES string of the molecule is CC(=O)C1CC(C)C2(C1)CC(C(C)=O)C(C)CC2=O. The van der Waals surface area contributed by atoms with Crippen LogP contribution in [0, 0.1) is 29.1 Å². The second kappa shape index (κ2) is 4.84. The standard InChI is InChI=1S/C16H24O3/c1-9-5-15(19)16(8-14(9)12(4)18)7-13(11(3)17)6-10(16)2/h9-10,13-14H,5-8H2,1-4H3. The van der Waals surface area contributed by atoms with Crippen LogP contribution in [0.25, 0.3) is 0 Å². The molecule has 2 saturated carbocycles. The lowest BCUT2D eigenvalue weighted by Crippen LogP contribution is -2.44. The summed E-state index contributed by atoms with van der Waals surface area (Å²) in [6, 6.07) is 0. The summed E-state index contributed by atoms with van der Waals surface area (Å²) in [5.74, 6) is 1.05. The quantitative estimate of drug-likeness (QED) is 0.770. The van der Waals surface area contributed by atoms with Gasteiger partial charge in [-0.2, -0.15) is 0 Å². The van der Waals surface area contributed by atoms with E-state index in [1.807, 2.05) is 6.92 Å². The van der Waals surface area contributed by atoms with Gasteiger partial charge in [0.1, 0.15) is 17.3 Å². The Bertz CT molecular complexity index is 426. The third kappa shape index (κ3) is 2.28. The summed E-state index contributed by atoms with van der Waals surface area (Å²) < 4.78 is 0. The number of hydrogen-bond donors (Lipinski definition) is 0. The second-order valence-corrected chi connectivity index (χ2v) is 6.83. The first kappa shape index (κ1) is 14.4. The van der Waals surface area contributed by atoms with Crippen molar-refractivity contribution < 1.29 is 14.4 Å². The molecule has 1 spiro atoms. The summed E-state index contributed by atoms with van der Waals surface area (Å²) in [5.41, 5.74) is -0.404. The average Bonchev–Trinajstić information content (AvgIpc) is 2.62. The molecule has 19 heavy (non-hydrogen) atoms. The van der Waals surface area contributed by atoms with Crippen molar-refractivity contribution in [1.29, 1.82) is 0 Å². The fraction of sp³-hybridized carbons (Fsp3) is 0.812. The van der Waals surface area contributed by atoms with Gasteiger partial charge < -0.3 is 0 Å². The third-order valence-electron chi connectivity index (χ3n) is 5.62. The molecule has 3 nitrogen and oxygen atoms in total. The molecule has 2 rings (SSSR count). The van der Waals surface area contributed by atoms with Crippen molar-refractivity contribution in [2.75, 3.05) is 0 Å². The smallest absolute Gasteiger partial charge is 0.139 e. The molecule has 106 valence electrons. The van der Waals surface area contributed by atoms with Crippen molar-refractivity contribution >= 4 is 17.3 Å². The van der Waals surface area contributed by atoms with Gasteiger partial charge in [-0.05, 0) is 44.9 Å². The lowest BCUT2D eigenvalue weighted by molar-refractivity contribution is -0.141. The van der Waals surface area contributed by atoms with E-state index in [0.717, 1.165) is 6.42 Å². The Morgan fingerprint density at radius 2 is 1.74 bits per heavy atom. The van der Waals surface area contributed by atoms with Gasteiger partial charge in [-0.3, -0.25) is 14.4 Å². The molecule has 3 heteroatoms. The Morgan fingerprint density at radius 1 is 1.11 bits per heavy atom. The van der Waals surface area contributed by atoms with Gasteiger partial charge >= 0.3 is 0 Å². The van der Waals surface area contributed by atoms with Gasteiger partial charge in [-0.1, -0.05) is 13.8 Å². The van der Waals surface area contributed by atoms with Gasteiger partial charge in [0.25, 0.3) is 0 Å². The van der Waals surface area contributed by atoms with E-state index in [1.165, 1.54) is 0 Å². The molecule has 0 N–H and O–H groups in total. The molecule has 0 bridgehead atoms. The number of carbonyl (C=O) groups excluding carboxylic acids is 3. The van der Waals surface area contributed by atoms with Crippen molar-refractivity contribution in [1.82, 2.24) is 0 Å². The highest BCUT2D eigenvalue weighted by molar-refractivity contribution is 5.91. The van der Waals surface area contributed by atoms with E-state index in [0.29, 0.717) is 19.3 Å². The topological polar surface area (TPSA) is 51.2 Å². The minimum Gasteiger partial charge on any atom is -0.300 e. The Morgan fingerprint density at radius 3 is 2.21 bits per heavy atom. The third-order valence-corrected chi connectivity index (χ3v) is 5.62. The van der Waals surface area contributed by atoms with Gasteiger partial charge in [0.05, 0.1) is 0 Å². The van der Waals surface area contributed by atoms with Gasteiger partial charge in [-0.15, -0.1) is 0 Å². The maximum atomic E-state index is 12.6. The molecule has 2 fully saturated rings. The predicted molar refractivity (Wildman–Crippen MR) is 72.6 cm³/mol. The fourth-order valence-corrected chi connectivity index (χ4v) is 4.25. The fourth-order valence-electron chi connectivity index (χ4n) is 4.25. The highest BCUT2D eigenvalue weighted by Gasteiger charge is 2.55. The van der Waals surface area contributed by atoms with Crippen molar-refractivity contribution in [3.63, 3.8) is 0 Å². The van der Waals surface area contributed by atoms with E-state index >= 15 is 0 Å². The molecule has 0 aromatic rings. The van der Waals surface area contributed by atoms with E-state index in [2.05, 4.69) is 6.92 Å². The van der Waals surface area contributed by atoms with Crippen molar-refractivity contribution in [2.24, 2.45) is 29.1 Å². The van der Waals surface area contributed by atoms with Gasteiger partial charge in [-0.25, -0.2) is 0 Å². The van der Waals surface area contributed by atoms with Crippen LogP contribution in [0.1, 0.15) is 53.4 Å². The van der Waals surface area contributed by atoms with Crippen LogP contribution in [0.5, 0.6) is 0 Å². The first-order valence-electron chi connectivity index (χ1n) is 7.32. The van der Waals surface area contributed by atoms with E-state index in [1.54, 1.807) is 13.8 Å². The summed E-state index contributed by atoms with van der Waals surface area (Å²) in [6.45, 7) is 7.33. The summed E-state index contributed by atoms with van der Waals surface area (Å²) in [4.78, 5) is 36.0. The van der Waals surface area contributed by atoms with Crippen LogP contribution in [0.3, 0.4) is 0 Å². The van der Waals surface area contributed by atoms with Crippen molar-refractivity contribution in [2.45, 2.75) is 53.4 Å². The van der Waals surface area contributed by atoms with Crippen LogP contribution >= 0.6 is 0 Å². The molecule has 5 atom stereocenters. The van der Waals surface area contributed by atoms with Crippen LogP contribution in [-0.4, -0.2) is 17.3 Å². The van der Waals surface area contributed by atoms with E-state index in [9.17, 15) is 14.4 Å². The lowest BCUT2D eigenvalue weighted by atomic mass is 9.60. The lowest BCUT2D eigenvalue weighted by Gasteiger charge is -2.42. The van der Waals surface area contributed by atoms with Crippen LogP contribution < -0.4 is 0 Å². The molecule has 2 aliphatic carbocycles. The minimum absolute atomic E-state index is 0.00846. The Labute approximate surface area is 115 Å². The van der Waals surface area contributed by atoms with Crippen LogP contribution in [-0.2, 0) is 14.4 Å². The maximum Gasteiger partial charge on any atom is 0.139 e. The molecule has 0 amide bonds. The zero-order chi connectivity index (χ0) is 14.4. The van der Waals surface area contributed by atoms with Crippen LogP contribution in [0.4, 0.5) is 0 Å². The van der Waals surface area contributed by atoms with Gasteiger partial charge in [0, 0.05) is 23.7 Å². The monoisotopic (exact) mass is 264 g/mol. The number of ketones is 3. The molecule has 0 aromatic heterocycles. The minimum atomic E-state index is -0.404. The zero-order valence-electron chi connectivity index (χ0n) is 12.4. The highest BCUT2D eigenvalue weighted by atomic mass is 16.1. The zero-order valence-corrected chi connectivity index (χ0v) is 12.4. The molecular weight excluding hydrogens is 240 g/mol. The molecule has 5 unspecified atom stereocenters. The highest BCUT2D eigenvalue weighted by Crippen LogP contribution is 2.55. The first-order valence-corrected chi connectivity index (χ1v) is 7.32. The second-order valence-electron chi connectivity index (χ2n) is 6.83. The number of rotatable bonds is 2. The Hall–Kier alpha value is -0.990. The number of Topliss-reactive ketones (excluding diaryl/α,β-unsaturated/α-hetero) is 3. The van der Waals surface area contributed by atoms with Crippen molar-refractivity contribution in [3.8, 4) is 0 Å². The summed E-state index contributed by atoms with van der Waals surface area (Å²) in [6.07, 6.45) is 2.63. The Balaban J connectivity index is 2.29. The Kier molecular flexibility index (Phi) is 3.67. The molecule has 0 aliphatic heterocycles. The molecule has 0 saturated heterocycles. The molecule has 2 aliphatic rings. The van der Waals surface area contributed by atoms with Crippen molar-refractivity contribution in [3.05, 3.63) is 0 Å². The first-order chi connectivity index (χ1) is 8.78. The summed E-state index contributed by atoms with van der Waals surface area (Å²) in [7, 11) is 0. The van der Waals surface area contributed by atoms with E-state index in [4.69, 9.17) is 0 Å². The average molecular weight is 264 g/mol. The van der Waals surface area contributed by atoms with Crippen LogP contribution in [0.15, 0.2) is 0 Å². The van der Waals surface area contributed by atoms with Gasteiger partial charge in [0.2, 0.25) is 0 Å². The summed E-state index contributed by atoms with van der Waals surface area (Å²) >= 11 is 0. The van der Waals surface area contributed by atoms with E-state index in [-0.39, 0.29) is 41.0 Å². The number of carbonyl (C=O) groups is 3. The van der Waals surface area contributed by atoms with Gasteiger partial charge in [0.15, 0.2) is 0 Å². The molecule has 0 radical (unpaired) electrons. The molecule has 0 aromatic carbocycles. The maximum absolute atomic E-state index is 12.6. The predicted octanol–water partition coefficient (Wildman–Crippen LogP) is 2.81. The van der Waals surface area contributed by atoms with E-state index < -0.39 is 5.41 Å². The number of hydrogen-bond acceptors (Lipinski definition) is 3. The summed E-state index contributed by atoms with van der Waals surface area (Å²) in [5, 5.41) is 0. The molecule has 0 heterocycles. The largest absolute Gasteiger partial charge is 0.300 e. The normalized spacial score (nSPS) is 42.6. The molecular formula is C16H24O3. The van der Waals surface area contributed by atoms with Crippen LogP contribution in [0.2, 0.25) is 0 Å².